The van der Waals surface area contributed by atoms with Crippen molar-refractivity contribution < 1.29 is 19.2 Å². The number of rotatable bonds is 10. The van der Waals surface area contributed by atoms with E-state index in [0.717, 1.165) is 25.7 Å². The minimum Gasteiger partial charge on any atom is -0.469 e. The van der Waals surface area contributed by atoms with Crippen molar-refractivity contribution >= 4 is 11.9 Å². The Hall–Kier alpha value is -1.10. The summed E-state index contributed by atoms with van der Waals surface area (Å²) in [6.07, 6.45) is 16.3. The van der Waals surface area contributed by atoms with E-state index in [-0.39, 0.29) is 11.9 Å². The summed E-state index contributed by atoms with van der Waals surface area (Å²) < 4.78 is 4.60. The number of esters is 1. The molecule has 0 radical (unpaired) electrons. The number of amides is 1. The highest BCUT2D eigenvalue weighted by Crippen LogP contribution is 2.21. The fourth-order valence-corrected chi connectivity index (χ4v) is 3.36. The van der Waals surface area contributed by atoms with E-state index in [1.54, 1.807) is 0 Å². The Morgan fingerprint density at radius 3 is 2.00 bits per heavy atom. The van der Waals surface area contributed by atoms with Gasteiger partial charge in [0.25, 0.3) is 0 Å². The average molecular weight is 356 g/mol. The molecule has 1 fully saturated rings. The Bertz CT molecular complexity index is 350. The minimum atomic E-state index is -0.160. The van der Waals surface area contributed by atoms with E-state index >= 15 is 0 Å². The molecule has 0 saturated heterocycles. The van der Waals surface area contributed by atoms with Crippen molar-refractivity contribution in [1.29, 1.82) is 0 Å². The van der Waals surface area contributed by atoms with Crippen molar-refractivity contribution in [3.63, 3.8) is 0 Å². The van der Waals surface area contributed by atoms with Crippen LogP contribution >= 0.6 is 0 Å². The Morgan fingerprint density at radius 1 is 0.840 bits per heavy atom. The molecule has 0 aliphatic heterocycles. The van der Waals surface area contributed by atoms with Gasteiger partial charge in [0.2, 0.25) is 5.91 Å². The first-order chi connectivity index (χ1) is 12.2. The minimum absolute atomic E-state index is 0.0344. The number of carbonyl (C=O) groups excluding carboxylic acids is 2. The lowest BCUT2D eigenvalue weighted by Gasteiger charge is -2.18. The molecular formula is C20H37NO4. The predicted molar refractivity (Wildman–Crippen MR) is 98.9 cm³/mol. The second-order valence-corrected chi connectivity index (χ2v) is 7.24. The van der Waals surface area contributed by atoms with Gasteiger partial charge in [0.1, 0.15) is 0 Å². The lowest BCUT2D eigenvalue weighted by atomic mass is 9.93. The van der Waals surface area contributed by atoms with Gasteiger partial charge in [-0.2, -0.15) is 0 Å². The van der Waals surface area contributed by atoms with Gasteiger partial charge < -0.3 is 4.74 Å². The molecule has 5 nitrogen and oxygen atoms in total. The van der Waals surface area contributed by atoms with Crippen molar-refractivity contribution in [2.45, 2.75) is 96.3 Å². The van der Waals surface area contributed by atoms with Crippen LogP contribution < -0.4 is 5.48 Å². The van der Waals surface area contributed by atoms with E-state index in [1.165, 1.54) is 64.9 Å². The van der Waals surface area contributed by atoms with E-state index in [2.05, 4.69) is 10.2 Å². The summed E-state index contributed by atoms with van der Waals surface area (Å²) in [5.74, 6) is 0.385. The number of carbonyl (C=O) groups is 2. The molecule has 0 bridgehead atoms. The Labute approximate surface area is 153 Å². The van der Waals surface area contributed by atoms with Gasteiger partial charge in [-0.05, 0) is 31.6 Å². The summed E-state index contributed by atoms with van der Waals surface area (Å²) in [6.45, 7) is 0.644. The molecule has 0 spiro atoms. The number of ether oxygens (including phenoxy) is 1. The number of unbranched alkanes of at least 4 members (excludes halogenated alkanes) is 3. The third kappa shape index (κ3) is 12.9. The average Bonchev–Trinajstić information content (AvgIpc) is 2.63. The summed E-state index contributed by atoms with van der Waals surface area (Å²) >= 11 is 0. The Morgan fingerprint density at radius 2 is 1.40 bits per heavy atom. The van der Waals surface area contributed by atoms with E-state index < -0.39 is 0 Å². The van der Waals surface area contributed by atoms with Crippen molar-refractivity contribution in [1.82, 2.24) is 5.48 Å². The van der Waals surface area contributed by atoms with Gasteiger partial charge in [0.05, 0.1) is 13.7 Å². The molecule has 146 valence electrons. The molecule has 1 rings (SSSR count). The molecular weight excluding hydrogens is 318 g/mol. The van der Waals surface area contributed by atoms with Gasteiger partial charge in [0.15, 0.2) is 0 Å². The molecule has 1 amide bonds. The molecule has 0 atom stereocenters. The molecule has 1 aliphatic rings. The largest absolute Gasteiger partial charge is 0.469 e. The molecule has 0 aromatic carbocycles. The quantitative estimate of drug-likeness (QED) is 0.351. The van der Waals surface area contributed by atoms with Crippen LogP contribution in [0.3, 0.4) is 0 Å². The summed E-state index contributed by atoms with van der Waals surface area (Å²) in [4.78, 5) is 28.2. The van der Waals surface area contributed by atoms with Crippen molar-refractivity contribution in [3.05, 3.63) is 0 Å². The van der Waals surface area contributed by atoms with Crippen LogP contribution in [-0.2, 0) is 19.2 Å². The van der Waals surface area contributed by atoms with Gasteiger partial charge in [0, 0.05) is 12.8 Å². The molecule has 25 heavy (non-hydrogen) atoms. The molecule has 0 heterocycles. The van der Waals surface area contributed by atoms with Crippen molar-refractivity contribution in [2.75, 3.05) is 13.7 Å². The number of hydrogen-bond donors (Lipinski definition) is 1. The van der Waals surface area contributed by atoms with Crippen LogP contribution in [0.1, 0.15) is 96.3 Å². The molecule has 1 N–H and O–H groups in total. The van der Waals surface area contributed by atoms with Crippen LogP contribution in [0.15, 0.2) is 0 Å². The fraction of sp³-hybridized carbons (Fsp3) is 0.900. The van der Waals surface area contributed by atoms with Crippen LogP contribution in [0.2, 0.25) is 0 Å². The lowest BCUT2D eigenvalue weighted by Crippen LogP contribution is -2.26. The third-order valence-electron chi connectivity index (χ3n) is 4.99. The van der Waals surface area contributed by atoms with E-state index in [9.17, 15) is 9.59 Å². The smallest absolute Gasteiger partial charge is 0.305 e. The number of hydroxylamine groups is 1. The zero-order valence-corrected chi connectivity index (χ0v) is 16.0. The highest BCUT2D eigenvalue weighted by molar-refractivity contribution is 5.74. The maximum Gasteiger partial charge on any atom is 0.305 e. The zero-order chi connectivity index (χ0) is 18.2. The van der Waals surface area contributed by atoms with Crippen molar-refractivity contribution in [3.8, 4) is 0 Å². The number of hydrogen-bond acceptors (Lipinski definition) is 4. The number of methoxy groups -OCH3 is 1. The number of nitrogens with one attached hydrogen (secondary N) is 1. The Kier molecular flexibility index (Phi) is 13.3. The fourth-order valence-electron chi connectivity index (χ4n) is 3.36. The maximum absolute atomic E-state index is 11.8. The van der Waals surface area contributed by atoms with Crippen LogP contribution in [-0.4, -0.2) is 25.6 Å². The predicted octanol–water partition coefficient (Wildman–Crippen LogP) is 4.69. The SMILES string of the molecule is COC(=O)CCCCCCC(=O)NOCC1CCCCCCCCC1. The van der Waals surface area contributed by atoms with Gasteiger partial charge in [-0.25, -0.2) is 5.48 Å². The maximum atomic E-state index is 11.8. The molecule has 0 unspecified atom stereocenters. The topological polar surface area (TPSA) is 64.6 Å². The van der Waals surface area contributed by atoms with Crippen LogP contribution in [0, 0.1) is 5.92 Å². The van der Waals surface area contributed by atoms with Crippen LogP contribution in [0.4, 0.5) is 0 Å². The highest BCUT2D eigenvalue weighted by atomic mass is 16.6. The first kappa shape index (κ1) is 21.9. The monoisotopic (exact) mass is 355 g/mol. The van der Waals surface area contributed by atoms with Crippen molar-refractivity contribution in [2.24, 2.45) is 5.92 Å². The van der Waals surface area contributed by atoms with E-state index in [1.807, 2.05) is 0 Å². The normalized spacial score (nSPS) is 17.0. The second kappa shape index (κ2) is 15.2. The van der Waals surface area contributed by atoms with Crippen LogP contribution in [0.25, 0.3) is 0 Å². The summed E-state index contributed by atoms with van der Waals surface area (Å²) in [5, 5.41) is 0. The summed E-state index contributed by atoms with van der Waals surface area (Å²) in [7, 11) is 1.41. The molecule has 5 heteroatoms. The zero-order valence-electron chi connectivity index (χ0n) is 16.0. The second-order valence-electron chi connectivity index (χ2n) is 7.24. The van der Waals surface area contributed by atoms with Gasteiger partial charge in [-0.3, -0.25) is 14.4 Å². The summed E-state index contributed by atoms with van der Waals surface area (Å²) in [6, 6.07) is 0. The molecule has 0 aromatic heterocycles. The van der Waals surface area contributed by atoms with Gasteiger partial charge in [-0.1, -0.05) is 57.8 Å². The van der Waals surface area contributed by atoms with Gasteiger partial charge >= 0.3 is 5.97 Å². The van der Waals surface area contributed by atoms with Gasteiger partial charge in [-0.15, -0.1) is 0 Å². The molecule has 1 saturated carbocycles. The third-order valence-corrected chi connectivity index (χ3v) is 4.99. The first-order valence-electron chi connectivity index (χ1n) is 10.2. The standard InChI is InChI=1S/C20H37NO4/c1-24-20(23)16-12-8-7-11-15-19(22)21-25-17-18-13-9-5-3-2-4-6-10-14-18/h18H,2-17H2,1H3,(H,21,22). The summed E-state index contributed by atoms with van der Waals surface area (Å²) in [5.41, 5.74) is 2.60. The van der Waals surface area contributed by atoms with Crippen LogP contribution in [0.5, 0.6) is 0 Å². The lowest BCUT2D eigenvalue weighted by molar-refractivity contribution is -0.140. The first-order valence-corrected chi connectivity index (χ1v) is 10.2. The molecule has 0 aromatic rings. The molecule has 1 aliphatic carbocycles. The van der Waals surface area contributed by atoms with E-state index in [4.69, 9.17) is 4.84 Å². The highest BCUT2D eigenvalue weighted by Gasteiger charge is 2.11. The van der Waals surface area contributed by atoms with E-state index in [0.29, 0.717) is 25.4 Å². The Balaban J connectivity index is 2.00.